The van der Waals surface area contributed by atoms with Crippen LogP contribution in [0, 0.1) is 5.92 Å². The van der Waals surface area contributed by atoms with Crippen LogP contribution in [0.25, 0.3) is 0 Å². The molecule has 1 nitrogen and oxygen atoms in total. The average Bonchev–Trinajstić information content (AvgIpc) is 2.98. The molecular weight excluding hydrogens is 214 g/mol. The highest BCUT2D eigenvalue weighted by Crippen LogP contribution is 2.40. The van der Waals surface area contributed by atoms with Gasteiger partial charge in [-0.1, -0.05) is 25.7 Å². The van der Waals surface area contributed by atoms with Crippen LogP contribution in [-0.2, 0) is 0 Å². The van der Waals surface area contributed by atoms with Gasteiger partial charge in [0, 0.05) is 17.3 Å². The molecule has 2 saturated carbocycles. The van der Waals surface area contributed by atoms with E-state index in [0.717, 1.165) is 12.0 Å². The molecule has 2 rings (SSSR count). The first kappa shape index (κ1) is 12.8. The molecular formula is C14H27NS. The van der Waals surface area contributed by atoms with Crippen LogP contribution < -0.4 is 5.32 Å². The van der Waals surface area contributed by atoms with E-state index in [1.165, 1.54) is 57.9 Å². The van der Waals surface area contributed by atoms with Gasteiger partial charge in [0.05, 0.1) is 0 Å². The largest absolute Gasteiger partial charge is 0.313 e. The standard InChI is InChI=1S/C14H27NS/c1-12(13-7-3-4-8-13)15-11-14(16-2)9-5-6-10-14/h12-13,15H,3-11H2,1-2H3. The molecule has 94 valence electrons. The predicted octanol–water partition coefficient (Wildman–Crippen LogP) is 3.83. The van der Waals surface area contributed by atoms with Gasteiger partial charge < -0.3 is 5.32 Å². The molecule has 0 heterocycles. The highest BCUT2D eigenvalue weighted by atomic mass is 32.2. The van der Waals surface area contributed by atoms with Crippen molar-refractivity contribution >= 4 is 11.8 Å². The molecule has 0 bridgehead atoms. The fourth-order valence-corrected chi connectivity index (χ4v) is 4.37. The van der Waals surface area contributed by atoms with Crippen LogP contribution in [0.4, 0.5) is 0 Å². The van der Waals surface area contributed by atoms with Crippen LogP contribution in [-0.4, -0.2) is 23.6 Å². The zero-order valence-electron chi connectivity index (χ0n) is 10.9. The summed E-state index contributed by atoms with van der Waals surface area (Å²) in [6.45, 7) is 3.64. The molecule has 0 radical (unpaired) electrons. The molecule has 2 aliphatic rings. The predicted molar refractivity (Wildman–Crippen MR) is 74.1 cm³/mol. The molecule has 0 aromatic carbocycles. The summed E-state index contributed by atoms with van der Waals surface area (Å²) in [5.74, 6) is 0.959. The molecule has 0 amide bonds. The first-order valence-electron chi connectivity index (χ1n) is 7.04. The van der Waals surface area contributed by atoms with E-state index >= 15 is 0 Å². The molecule has 2 fully saturated rings. The summed E-state index contributed by atoms with van der Waals surface area (Å²) >= 11 is 2.10. The van der Waals surface area contributed by atoms with Gasteiger partial charge in [-0.3, -0.25) is 0 Å². The Hall–Kier alpha value is 0.310. The second-order valence-corrected chi connectivity index (χ2v) is 7.08. The van der Waals surface area contributed by atoms with Crippen molar-refractivity contribution in [1.29, 1.82) is 0 Å². The van der Waals surface area contributed by atoms with Gasteiger partial charge in [0.25, 0.3) is 0 Å². The fourth-order valence-electron chi connectivity index (χ4n) is 3.44. The fraction of sp³-hybridized carbons (Fsp3) is 1.00. The number of nitrogens with one attached hydrogen (secondary N) is 1. The van der Waals surface area contributed by atoms with Crippen LogP contribution in [0.15, 0.2) is 0 Å². The van der Waals surface area contributed by atoms with Crippen molar-refractivity contribution in [3.05, 3.63) is 0 Å². The Morgan fingerprint density at radius 2 is 1.81 bits per heavy atom. The normalized spacial score (nSPS) is 27.4. The molecule has 1 unspecified atom stereocenters. The molecule has 16 heavy (non-hydrogen) atoms. The Balaban J connectivity index is 1.76. The number of hydrogen-bond acceptors (Lipinski definition) is 2. The average molecular weight is 241 g/mol. The maximum atomic E-state index is 3.84. The first-order chi connectivity index (χ1) is 7.76. The lowest BCUT2D eigenvalue weighted by Gasteiger charge is -2.30. The lowest BCUT2D eigenvalue weighted by atomic mass is 9.98. The van der Waals surface area contributed by atoms with E-state index in [9.17, 15) is 0 Å². The Labute approximate surface area is 105 Å². The van der Waals surface area contributed by atoms with Crippen molar-refractivity contribution in [2.24, 2.45) is 5.92 Å². The number of thioether (sulfide) groups is 1. The van der Waals surface area contributed by atoms with Gasteiger partial charge in [0.2, 0.25) is 0 Å². The second-order valence-electron chi connectivity index (χ2n) is 5.81. The lowest BCUT2D eigenvalue weighted by molar-refractivity contribution is 0.364. The summed E-state index contributed by atoms with van der Waals surface area (Å²) in [5.41, 5.74) is 0. The third-order valence-corrected chi connectivity index (χ3v) is 6.22. The summed E-state index contributed by atoms with van der Waals surface area (Å²) in [5, 5.41) is 3.84. The highest BCUT2D eigenvalue weighted by Gasteiger charge is 2.33. The zero-order valence-corrected chi connectivity index (χ0v) is 11.7. The van der Waals surface area contributed by atoms with Crippen molar-refractivity contribution in [2.75, 3.05) is 12.8 Å². The third kappa shape index (κ3) is 2.95. The third-order valence-electron chi connectivity index (χ3n) is 4.80. The van der Waals surface area contributed by atoms with Crippen LogP contribution in [0.3, 0.4) is 0 Å². The van der Waals surface area contributed by atoms with E-state index in [1.54, 1.807) is 0 Å². The zero-order chi connectivity index (χ0) is 11.4. The molecule has 2 heteroatoms. The van der Waals surface area contributed by atoms with E-state index < -0.39 is 0 Å². The molecule has 0 aromatic rings. The highest BCUT2D eigenvalue weighted by molar-refractivity contribution is 8.00. The van der Waals surface area contributed by atoms with E-state index in [4.69, 9.17) is 0 Å². The van der Waals surface area contributed by atoms with Gasteiger partial charge >= 0.3 is 0 Å². The van der Waals surface area contributed by atoms with Gasteiger partial charge in [0.15, 0.2) is 0 Å². The van der Waals surface area contributed by atoms with E-state index in [1.807, 2.05) is 0 Å². The van der Waals surface area contributed by atoms with Crippen molar-refractivity contribution in [3.8, 4) is 0 Å². The van der Waals surface area contributed by atoms with Crippen LogP contribution in [0.1, 0.15) is 58.3 Å². The molecule has 0 spiro atoms. The number of rotatable bonds is 5. The minimum Gasteiger partial charge on any atom is -0.313 e. The topological polar surface area (TPSA) is 12.0 Å². The van der Waals surface area contributed by atoms with Gasteiger partial charge in [-0.2, -0.15) is 11.8 Å². The monoisotopic (exact) mass is 241 g/mol. The molecule has 0 aliphatic heterocycles. The van der Waals surface area contributed by atoms with Gasteiger partial charge in [-0.05, 0) is 44.8 Å². The Kier molecular flexibility index (Phi) is 4.60. The molecule has 0 aromatic heterocycles. The SMILES string of the molecule is CSC1(CNC(C)C2CCCC2)CCCC1. The van der Waals surface area contributed by atoms with Crippen molar-refractivity contribution < 1.29 is 0 Å². The summed E-state index contributed by atoms with van der Waals surface area (Å²) in [4.78, 5) is 0. The summed E-state index contributed by atoms with van der Waals surface area (Å²) in [6.07, 6.45) is 13.9. The van der Waals surface area contributed by atoms with E-state index in [-0.39, 0.29) is 0 Å². The van der Waals surface area contributed by atoms with Gasteiger partial charge in [-0.25, -0.2) is 0 Å². The smallest absolute Gasteiger partial charge is 0.0281 e. The summed E-state index contributed by atoms with van der Waals surface area (Å²) in [7, 11) is 0. The van der Waals surface area contributed by atoms with Crippen molar-refractivity contribution in [1.82, 2.24) is 5.32 Å². The Morgan fingerprint density at radius 1 is 1.19 bits per heavy atom. The quantitative estimate of drug-likeness (QED) is 0.785. The van der Waals surface area contributed by atoms with Crippen LogP contribution >= 0.6 is 11.8 Å². The van der Waals surface area contributed by atoms with Gasteiger partial charge in [0.1, 0.15) is 0 Å². The minimum atomic E-state index is 0.576. The Morgan fingerprint density at radius 3 is 2.38 bits per heavy atom. The van der Waals surface area contributed by atoms with E-state index in [0.29, 0.717) is 4.75 Å². The maximum absolute atomic E-state index is 3.84. The van der Waals surface area contributed by atoms with Crippen LogP contribution in [0.2, 0.25) is 0 Å². The lowest BCUT2D eigenvalue weighted by Crippen LogP contribution is -2.42. The molecule has 1 atom stereocenters. The van der Waals surface area contributed by atoms with Crippen LogP contribution in [0.5, 0.6) is 0 Å². The molecule has 2 aliphatic carbocycles. The summed E-state index contributed by atoms with van der Waals surface area (Å²) < 4.78 is 0.576. The maximum Gasteiger partial charge on any atom is 0.0281 e. The van der Waals surface area contributed by atoms with Gasteiger partial charge in [-0.15, -0.1) is 0 Å². The molecule has 1 N–H and O–H groups in total. The second kappa shape index (κ2) is 5.77. The molecule has 0 saturated heterocycles. The first-order valence-corrected chi connectivity index (χ1v) is 8.27. The minimum absolute atomic E-state index is 0.576. The Bertz CT molecular complexity index is 205. The van der Waals surface area contributed by atoms with Crippen molar-refractivity contribution in [3.63, 3.8) is 0 Å². The van der Waals surface area contributed by atoms with E-state index in [2.05, 4.69) is 30.3 Å². The number of hydrogen-bond donors (Lipinski definition) is 1. The van der Waals surface area contributed by atoms with Crippen molar-refractivity contribution in [2.45, 2.75) is 69.1 Å². The summed E-state index contributed by atoms with van der Waals surface area (Å²) in [6, 6.07) is 0.743.